The van der Waals surface area contributed by atoms with Gasteiger partial charge in [0.2, 0.25) is 0 Å². The Morgan fingerprint density at radius 2 is 1.00 bits per heavy atom. The van der Waals surface area contributed by atoms with E-state index in [2.05, 4.69) is 10.6 Å². The molecule has 2 amide bonds. The van der Waals surface area contributed by atoms with Crippen molar-refractivity contribution in [2.75, 3.05) is 0 Å². The molecule has 0 aliphatic heterocycles. The number of ether oxygens (including phenoxy) is 2. The standard InChI is InChI=1S/2C8H16N2O2.2ClH/c2*1-8(2,3)12-7(11)10-6-4-5(6)9;;/h2*5-6H,4,9H2,1-3H3,(H,10,11);2*1H/t2*5-,6-;;/m10../s1. The second kappa shape index (κ2) is 10.4. The normalized spacial score (nSPS) is 25.8. The number of hydrogen-bond donors (Lipinski definition) is 4. The van der Waals surface area contributed by atoms with Gasteiger partial charge in [-0.15, -0.1) is 24.8 Å². The maximum Gasteiger partial charge on any atom is 0.407 e. The van der Waals surface area contributed by atoms with Crippen molar-refractivity contribution in [1.29, 1.82) is 0 Å². The molecule has 2 rings (SSSR count). The molecule has 0 radical (unpaired) electrons. The van der Waals surface area contributed by atoms with E-state index in [4.69, 9.17) is 20.9 Å². The summed E-state index contributed by atoms with van der Waals surface area (Å²) in [6, 6.07) is 0.495. The number of carbonyl (C=O) groups is 2. The van der Waals surface area contributed by atoms with Crippen molar-refractivity contribution in [3.63, 3.8) is 0 Å². The fourth-order valence-corrected chi connectivity index (χ4v) is 1.68. The average Bonchev–Trinajstić information content (AvgIpc) is 3.17. The minimum Gasteiger partial charge on any atom is -0.444 e. The van der Waals surface area contributed by atoms with Gasteiger partial charge in [-0.3, -0.25) is 0 Å². The number of nitrogens with two attached hydrogens (primary N) is 2. The van der Waals surface area contributed by atoms with Crippen molar-refractivity contribution < 1.29 is 19.1 Å². The maximum atomic E-state index is 11.1. The number of alkyl carbamates (subject to hydrolysis) is 2. The molecule has 0 saturated heterocycles. The smallest absolute Gasteiger partial charge is 0.407 e. The molecule has 0 heterocycles. The van der Waals surface area contributed by atoms with E-state index in [9.17, 15) is 9.59 Å². The van der Waals surface area contributed by atoms with Crippen molar-refractivity contribution in [2.45, 2.75) is 89.8 Å². The monoisotopic (exact) mass is 416 g/mol. The molecule has 2 aliphatic rings. The van der Waals surface area contributed by atoms with E-state index in [0.717, 1.165) is 12.8 Å². The van der Waals surface area contributed by atoms with E-state index in [1.807, 2.05) is 41.5 Å². The fraction of sp³-hybridized carbons (Fsp3) is 0.875. The SMILES string of the molecule is CC(C)(C)OC(=O)N[C@@H]1C[C@H]1N.CC(C)(C)OC(=O)N[C@H]1C[C@@H]1N.Cl.Cl. The zero-order valence-electron chi connectivity index (χ0n) is 16.3. The zero-order chi connectivity index (χ0) is 18.7. The van der Waals surface area contributed by atoms with E-state index in [0.29, 0.717) is 0 Å². The van der Waals surface area contributed by atoms with Crippen LogP contribution in [0.15, 0.2) is 0 Å². The van der Waals surface area contributed by atoms with Gasteiger partial charge in [0, 0.05) is 24.2 Å². The number of halogens is 2. The highest BCUT2D eigenvalue weighted by Gasteiger charge is 2.36. The molecule has 2 aliphatic carbocycles. The predicted molar refractivity (Wildman–Crippen MR) is 106 cm³/mol. The van der Waals surface area contributed by atoms with Gasteiger partial charge in [-0.25, -0.2) is 9.59 Å². The van der Waals surface area contributed by atoms with E-state index in [-0.39, 0.29) is 61.2 Å². The van der Waals surface area contributed by atoms with Gasteiger partial charge >= 0.3 is 12.2 Å². The molecule has 0 aromatic heterocycles. The van der Waals surface area contributed by atoms with Crippen LogP contribution in [-0.4, -0.2) is 47.6 Å². The first-order valence-electron chi connectivity index (χ1n) is 8.27. The van der Waals surface area contributed by atoms with Gasteiger partial charge in [-0.1, -0.05) is 0 Å². The summed E-state index contributed by atoms with van der Waals surface area (Å²) in [5.74, 6) is 0. The highest BCUT2D eigenvalue weighted by molar-refractivity contribution is 5.85. The third-order valence-electron chi connectivity index (χ3n) is 3.08. The Kier molecular flexibility index (Phi) is 10.9. The van der Waals surface area contributed by atoms with Crippen LogP contribution in [0.25, 0.3) is 0 Å². The summed E-state index contributed by atoms with van der Waals surface area (Å²) in [5, 5.41) is 5.35. The van der Waals surface area contributed by atoms with Crippen LogP contribution in [0, 0.1) is 0 Å². The van der Waals surface area contributed by atoms with Crippen LogP contribution in [0.1, 0.15) is 54.4 Å². The molecular weight excluding hydrogens is 383 g/mol. The molecule has 6 N–H and O–H groups in total. The van der Waals surface area contributed by atoms with Crippen molar-refractivity contribution >= 4 is 37.0 Å². The van der Waals surface area contributed by atoms with Crippen molar-refractivity contribution in [3.05, 3.63) is 0 Å². The Bertz CT molecular complexity index is 424. The second-order valence-corrected chi connectivity index (χ2v) is 8.30. The molecule has 0 bridgehead atoms. The third kappa shape index (κ3) is 13.3. The summed E-state index contributed by atoms with van der Waals surface area (Å²) in [4.78, 5) is 22.1. The van der Waals surface area contributed by atoms with Gasteiger partial charge in [0.05, 0.1) is 0 Å². The largest absolute Gasteiger partial charge is 0.444 e. The number of rotatable bonds is 2. The molecule has 0 unspecified atom stereocenters. The maximum absolute atomic E-state index is 11.1. The lowest BCUT2D eigenvalue weighted by Crippen LogP contribution is -2.35. The van der Waals surface area contributed by atoms with Gasteiger partial charge in [0.1, 0.15) is 11.2 Å². The zero-order valence-corrected chi connectivity index (χ0v) is 18.0. The van der Waals surface area contributed by atoms with Gasteiger partial charge in [0.25, 0.3) is 0 Å². The first kappa shape index (κ1) is 27.3. The Labute approximate surface area is 168 Å². The summed E-state index contributed by atoms with van der Waals surface area (Å²) < 4.78 is 10.1. The molecule has 2 fully saturated rings. The summed E-state index contributed by atoms with van der Waals surface area (Å²) in [7, 11) is 0. The summed E-state index contributed by atoms with van der Waals surface area (Å²) in [6.07, 6.45) is 0.972. The number of carbonyl (C=O) groups excluding carboxylic acids is 2. The molecule has 10 heteroatoms. The van der Waals surface area contributed by atoms with Crippen molar-refractivity contribution in [3.8, 4) is 0 Å². The van der Waals surface area contributed by atoms with Gasteiger partial charge in [0.15, 0.2) is 0 Å². The third-order valence-corrected chi connectivity index (χ3v) is 3.08. The molecule has 26 heavy (non-hydrogen) atoms. The Hall–Kier alpha value is -0.960. The highest BCUT2D eigenvalue weighted by Crippen LogP contribution is 2.19. The lowest BCUT2D eigenvalue weighted by atomic mass is 10.2. The minimum atomic E-state index is -0.428. The molecule has 0 aromatic rings. The Balaban J connectivity index is 0. The Morgan fingerprint density at radius 1 is 0.769 bits per heavy atom. The quantitative estimate of drug-likeness (QED) is 0.545. The van der Waals surface area contributed by atoms with Gasteiger partial charge < -0.3 is 31.6 Å². The van der Waals surface area contributed by atoms with Crippen molar-refractivity contribution in [1.82, 2.24) is 10.6 Å². The van der Waals surface area contributed by atoms with E-state index >= 15 is 0 Å². The van der Waals surface area contributed by atoms with Crippen molar-refractivity contribution in [2.24, 2.45) is 11.5 Å². The Morgan fingerprint density at radius 3 is 1.15 bits per heavy atom. The topological polar surface area (TPSA) is 129 Å². The molecule has 0 spiro atoms. The first-order valence-corrected chi connectivity index (χ1v) is 8.27. The van der Waals surface area contributed by atoms with Crippen LogP contribution in [0.5, 0.6) is 0 Å². The molecule has 8 nitrogen and oxygen atoms in total. The van der Waals surface area contributed by atoms with E-state index in [1.54, 1.807) is 0 Å². The molecular formula is C16H34Cl2N4O4. The molecule has 156 valence electrons. The van der Waals surface area contributed by atoms with E-state index in [1.165, 1.54) is 0 Å². The van der Waals surface area contributed by atoms with Crippen LogP contribution in [0.4, 0.5) is 9.59 Å². The fourth-order valence-electron chi connectivity index (χ4n) is 1.68. The predicted octanol–water partition coefficient (Wildman–Crippen LogP) is 2.07. The highest BCUT2D eigenvalue weighted by atomic mass is 35.5. The molecule has 0 aromatic carbocycles. The minimum absolute atomic E-state index is 0. The summed E-state index contributed by atoms with van der Waals surface area (Å²) in [5.41, 5.74) is 10.2. The second-order valence-electron chi connectivity index (χ2n) is 8.30. The average molecular weight is 417 g/mol. The number of amides is 2. The summed E-state index contributed by atoms with van der Waals surface area (Å²) in [6.45, 7) is 11.0. The number of hydrogen-bond acceptors (Lipinski definition) is 6. The molecule has 2 saturated carbocycles. The lowest BCUT2D eigenvalue weighted by molar-refractivity contribution is 0.0511. The van der Waals surface area contributed by atoms with Gasteiger partial charge in [-0.05, 0) is 54.4 Å². The lowest BCUT2D eigenvalue weighted by Gasteiger charge is -2.19. The number of nitrogens with one attached hydrogen (secondary N) is 2. The van der Waals surface area contributed by atoms with Gasteiger partial charge in [-0.2, -0.15) is 0 Å². The van der Waals surface area contributed by atoms with Crippen LogP contribution in [0.3, 0.4) is 0 Å². The van der Waals surface area contributed by atoms with E-state index < -0.39 is 11.2 Å². The van der Waals surface area contributed by atoms with Crippen LogP contribution < -0.4 is 22.1 Å². The van der Waals surface area contributed by atoms with Crippen LogP contribution in [-0.2, 0) is 9.47 Å². The first-order chi connectivity index (χ1) is 10.8. The summed E-state index contributed by atoms with van der Waals surface area (Å²) >= 11 is 0. The van der Waals surface area contributed by atoms with Crippen LogP contribution in [0.2, 0.25) is 0 Å². The molecule has 4 atom stereocenters. The van der Waals surface area contributed by atoms with Crippen LogP contribution >= 0.6 is 24.8 Å².